The van der Waals surface area contributed by atoms with Crippen LogP contribution in [0.25, 0.3) is 0 Å². The largest absolute Gasteiger partial charge is 0.330 e. The molecule has 4 bridgehead atoms. The molecule has 3 N–H and O–H groups in total. The van der Waals surface area contributed by atoms with Gasteiger partial charge in [-0.2, -0.15) is 0 Å². The predicted molar refractivity (Wildman–Crippen MR) is 85.7 cm³/mol. The summed E-state index contributed by atoms with van der Waals surface area (Å²) in [5.74, 6) is 1.01. The summed E-state index contributed by atoms with van der Waals surface area (Å²) in [4.78, 5) is 0. The quantitative estimate of drug-likeness (QED) is 0.694. The molecule has 0 aromatic heterocycles. The Hall–Kier alpha value is -0.0800. The fraction of sp³-hybridized carbons (Fsp3) is 1.00. The molecule has 2 nitrogen and oxygen atoms in total. The van der Waals surface area contributed by atoms with Crippen LogP contribution in [0.15, 0.2) is 0 Å². The van der Waals surface area contributed by atoms with Crippen LogP contribution < -0.4 is 11.1 Å². The lowest BCUT2D eigenvalue weighted by Gasteiger charge is -2.65. The van der Waals surface area contributed by atoms with Crippen molar-refractivity contribution in [3.05, 3.63) is 0 Å². The standard InChI is InChI=1S/C18H34N2/c1-16-9-15-10-17(2,12-16)14-18(11-15,13-16)20-8-6-4-3-5-7-19/h15,20H,3-14,19H2,1-2H3/t15?,16-,17+,18?. The molecule has 0 aromatic carbocycles. The highest BCUT2D eigenvalue weighted by Gasteiger charge is 2.59. The molecule has 4 rings (SSSR count). The van der Waals surface area contributed by atoms with E-state index in [1.807, 2.05) is 0 Å². The lowest BCUT2D eigenvalue weighted by molar-refractivity contribution is -0.117. The summed E-state index contributed by atoms with van der Waals surface area (Å²) >= 11 is 0. The van der Waals surface area contributed by atoms with Gasteiger partial charge in [-0.1, -0.05) is 26.7 Å². The summed E-state index contributed by atoms with van der Waals surface area (Å²) in [7, 11) is 0. The molecule has 0 aromatic rings. The Kier molecular flexibility index (Phi) is 3.92. The molecule has 0 heterocycles. The SMILES string of the molecule is C[C@]12CC3CC(NCCCCCCN)(C1)C[C@@](C)(C3)C2. The van der Waals surface area contributed by atoms with Gasteiger partial charge in [0.2, 0.25) is 0 Å². The molecule has 20 heavy (non-hydrogen) atoms. The van der Waals surface area contributed by atoms with Gasteiger partial charge in [-0.3, -0.25) is 0 Å². The molecule has 0 aliphatic heterocycles. The Morgan fingerprint density at radius 1 is 0.900 bits per heavy atom. The molecule has 0 amide bonds. The van der Waals surface area contributed by atoms with E-state index in [9.17, 15) is 0 Å². The van der Waals surface area contributed by atoms with Crippen LogP contribution in [0.1, 0.15) is 78.1 Å². The second kappa shape index (κ2) is 5.28. The van der Waals surface area contributed by atoms with E-state index < -0.39 is 0 Å². The fourth-order valence-electron chi connectivity index (χ4n) is 6.62. The monoisotopic (exact) mass is 278 g/mol. The number of rotatable bonds is 7. The smallest absolute Gasteiger partial charge is 0.0194 e. The Morgan fingerprint density at radius 2 is 1.55 bits per heavy atom. The Morgan fingerprint density at radius 3 is 2.15 bits per heavy atom. The van der Waals surface area contributed by atoms with E-state index >= 15 is 0 Å². The normalized spacial score (nSPS) is 46.0. The molecular formula is C18H34N2. The third kappa shape index (κ3) is 2.92. The maximum atomic E-state index is 5.56. The van der Waals surface area contributed by atoms with Crippen molar-refractivity contribution in [2.45, 2.75) is 83.6 Å². The highest BCUT2D eigenvalue weighted by Crippen LogP contribution is 2.66. The summed E-state index contributed by atoms with van der Waals surface area (Å²) in [6.07, 6.45) is 14.0. The number of hydrogen-bond donors (Lipinski definition) is 2. The molecular weight excluding hydrogens is 244 g/mol. The van der Waals surface area contributed by atoms with Crippen LogP contribution in [0, 0.1) is 16.7 Å². The van der Waals surface area contributed by atoms with E-state index in [1.54, 1.807) is 0 Å². The zero-order valence-corrected chi connectivity index (χ0v) is 13.6. The molecule has 2 heteroatoms. The molecule has 4 fully saturated rings. The van der Waals surface area contributed by atoms with Gasteiger partial charge >= 0.3 is 0 Å². The van der Waals surface area contributed by atoms with Gasteiger partial charge in [0.05, 0.1) is 0 Å². The molecule has 0 saturated heterocycles. The van der Waals surface area contributed by atoms with Crippen LogP contribution in [-0.4, -0.2) is 18.6 Å². The molecule has 116 valence electrons. The first-order valence-electron chi connectivity index (χ1n) is 8.92. The minimum atomic E-state index is 0.497. The zero-order valence-electron chi connectivity index (χ0n) is 13.6. The average Bonchev–Trinajstić information content (AvgIpc) is 2.29. The number of unbranched alkanes of at least 4 members (excludes halogenated alkanes) is 3. The van der Waals surface area contributed by atoms with E-state index in [4.69, 9.17) is 5.73 Å². The van der Waals surface area contributed by atoms with Crippen LogP contribution >= 0.6 is 0 Å². The first-order valence-corrected chi connectivity index (χ1v) is 8.92. The van der Waals surface area contributed by atoms with Gasteiger partial charge < -0.3 is 11.1 Å². The zero-order chi connectivity index (χ0) is 14.3. The minimum absolute atomic E-state index is 0.497. The van der Waals surface area contributed by atoms with E-state index in [-0.39, 0.29) is 0 Å². The first-order chi connectivity index (χ1) is 9.47. The van der Waals surface area contributed by atoms with Gasteiger partial charge in [0, 0.05) is 5.54 Å². The molecule has 4 atom stereocenters. The van der Waals surface area contributed by atoms with Crippen LogP contribution in [0.4, 0.5) is 0 Å². The van der Waals surface area contributed by atoms with Crippen molar-refractivity contribution >= 4 is 0 Å². The van der Waals surface area contributed by atoms with Crippen LogP contribution in [-0.2, 0) is 0 Å². The summed E-state index contributed by atoms with van der Waals surface area (Å²) in [6.45, 7) is 7.21. The highest BCUT2D eigenvalue weighted by atomic mass is 15.0. The van der Waals surface area contributed by atoms with Crippen molar-refractivity contribution in [1.29, 1.82) is 0 Å². The van der Waals surface area contributed by atoms with Crippen molar-refractivity contribution in [3.63, 3.8) is 0 Å². The third-order valence-electron chi connectivity index (χ3n) is 6.26. The van der Waals surface area contributed by atoms with Gasteiger partial charge in [-0.25, -0.2) is 0 Å². The van der Waals surface area contributed by atoms with Crippen molar-refractivity contribution in [2.24, 2.45) is 22.5 Å². The lowest BCUT2D eigenvalue weighted by atomic mass is 9.43. The summed E-state index contributed by atoms with van der Waals surface area (Å²) in [5.41, 5.74) is 7.34. The number of nitrogens with two attached hydrogens (primary N) is 1. The lowest BCUT2D eigenvalue weighted by Crippen LogP contribution is -2.64. The van der Waals surface area contributed by atoms with Crippen molar-refractivity contribution < 1.29 is 0 Å². The van der Waals surface area contributed by atoms with Gasteiger partial charge in [0.1, 0.15) is 0 Å². The fourth-order valence-corrected chi connectivity index (χ4v) is 6.62. The van der Waals surface area contributed by atoms with Crippen molar-refractivity contribution in [3.8, 4) is 0 Å². The second-order valence-electron chi connectivity index (χ2n) is 9.04. The summed E-state index contributed by atoms with van der Waals surface area (Å²) in [6, 6.07) is 0. The Labute approximate surface area is 125 Å². The summed E-state index contributed by atoms with van der Waals surface area (Å²) < 4.78 is 0. The summed E-state index contributed by atoms with van der Waals surface area (Å²) in [5, 5.41) is 4.02. The van der Waals surface area contributed by atoms with Crippen molar-refractivity contribution in [2.75, 3.05) is 13.1 Å². The van der Waals surface area contributed by atoms with Gasteiger partial charge in [0.25, 0.3) is 0 Å². The Bertz CT molecular complexity index is 333. The van der Waals surface area contributed by atoms with Gasteiger partial charge in [-0.05, 0) is 81.2 Å². The average molecular weight is 278 g/mol. The van der Waals surface area contributed by atoms with E-state index in [0.717, 1.165) is 12.5 Å². The highest BCUT2D eigenvalue weighted by molar-refractivity contribution is 5.14. The van der Waals surface area contributed by atoms with Crippen LogP contribution in [0.2, 0.25) is 0 Å². The maximum absolute atomic E-state index is 5.56. The van der Waals surface area contributed by atoms with Crippen LogP contribution in [0.3, 0.4) is 0 Å². The topological polar surface area (TPSA) is 38.0 Å². The third-order valence-corrected chi connectivity index (χ3v) is 6.26. The molecule has 4 saturated carbocycles. The first kappa shape index (κ1) is 14.8. The molecule has 2 unspecified atom stereocenters. The molecule has 0 spiro atoms. The molecule has 0 radical (unpaired) electrons. The number of hydrogen-bond acceptors (Lipinski definition) is 2. The van der Waals surface area contributed by atoms with Crippen LogP contribution in [0.5, 0.6) is 0 Å². The maximum Gasteiger partial charge on any atom is 0.0194 e. The van der Waals surface area contributed by atoms with E-state index in [2.05, 4.69) is 19.2 Å². The van der Waals surface area contributed by atoms with Crippen molar-refractivity contribution in [1.82, 2.24) is 5.32 Å². The number of nitrogens with one attached hydrogen (secondary N) is 1. The van der Waals surface area contributed by atoms with E-state index in [0.29, 0.717) is 16.4 Å². The Balaban J connectivity index is 1.53. The van der Waals surface area contributed by atoms with E-state index in [1.165, 1.54) is 70.8 Å². The second-order valence-corrected chi connectivity index (χ2v) is 9.04. The predicted octanol–water partition coefficient (Wildman–Crippen LogP) is 3.84. The molecule has 4 aliphatic carbocycles. The van der Waals surface area contributed by atoms with Gasteiger partial charge in [0.15, 0.2) is 0 Å². The molecule has 4 aliphatic rings. The minimum Gasteiger partial charge on any atom is -0.330 e. The van der Waals surface area contributed by atoms with Gasteiger partial charge in [-0.15, -0.1) is 0 Å².